The molecule has 3 nitrogen and oxygen atoms in total. The zero-order valence-electron chi connectivity index (χ0n) is 11.8. The van der Waals surface area contributed by atoms with Gasteiger partial charge in [-0.3, -0.25) is 0 Å². The number of fused-ring (bicyclic) bond motifs is 1. The van der Waals surface area contributed by atoms with Gasteiger partial charge in [0, 0.05) is 6.54 Å². The fourth-order valence-electron chi connectivity index (χ4n) is 3.06. The molecular formula is C15H17F3N2O. The van der Waals surface area contributed by atoms with E-state index in [1.54, 1.807) is 0 Å². The molecule has 1 unspecified atom stereocenters. The van der Waals surface area contributed by atoms with Gasteiger partial charge in [-0.15, -0.1) is 0 Å². The third-order valence-corrected chi connectivity index (χ3v) is 4.14. The van der Waals surface area contributed by atoms with Gasteiger partial charge in [0.15, 0.2) is 5.58 Å². The Morgan fingerprint density at radius 2 is 2.19 bits per heavy atom. The van der Waals surface area contributed by atoms with Crippen molar-refractivity contribution in [3.63, 3.8) is 0 Å². The Kier molecular flexibility index (Phi) is 3.43. The van der Waals surface area contributed by atoms with Crippen molar-refractivity contribution in [3.05, 3.63) is 29.7 Å². The number of alkyl halides is 3. The van der Waals surface area contributed by atoms with E-state index in [2.05, 4.69) is 17.2 Å². The van der Waals surface area contributed by atoms with E-state index < -0.39 is 11.7 Å². The fraction of sp³-hybridized carbons (Fsp3) is 0.533. The number of oxazole rings is 1. The summed E-state index contributed by atoms with van der Waals surface area (Å²) >= 11 is 0. The second kappa shape index (κ2) is 5.02. The van der Waals surface area contributed by atoms with Gasteiger partial charge in [0.2, 0.25) is 5.89 Å². The van der Waals surface area contributed by atoms with Crippen LogP contribution >= 0.6 is 0 Å². The summed E-state index contributed by atoms with van der Waals surface area (Å²) in [6.07, 6.45) is -1.56. The SMILES string of the molecule is CCCC1(c2nc3cc(C(F)(F)F)ccc3o2)CCNC1. The number of nitrogens with one attached hydrogen (secondary N) is 1. The van der Waals surface area contributed by atoms with Crippen molar-refractivity contribution in [2.75, 3.05) is 13.1 Å². The third-order valence-electron chi connectivity index (χ3n) is 4.14. The Morgan fingerprint density at radius 3 is 2.81 bits per heavy atom. The van der Waals surface area contributed by atoms with Gasteiger partial charge < -0.3 is 9.73 Å². The van der Waals surface area contributed by atoms with E-state index in [0.717, 1.165) is 44.5 Å². The topological polar surface area (TPSA) is 38.1 Å². The van der Waals surface area contributed by atoms with Crippen molar-refractivity contribution < 1.29 is 17.6 Å². The average Bonchev–Trinajstić information content (AvgIpc) is 3.03. The van der Waals surface area contributed by atoms with Crippen LogP contribution in [0.1, 0.15) is 37.6 Å². The van der Waals surface area contributed by atoms with Crippen LogP contribution in [-0.4, -0.2) is 18.1 Å². The Morgan fingerprint density at radius 1 is 1.38 bits per heavy atom. The van der Waals surface area contributed by atoms with Crippen LogP contribution in [-0.2, 0) is 11.6 Å². The Bertz CT molecular complexity index is 642. The van der Waals surface area contributed by atoms with Crippen molar-refractivity contribution >= 4 is 11.1 Å². The lowest BCUT2D eigenvalue weighted by molar-refractivity contribution is -0.137. The first kappa shape index (κ1) is 14.4. The van der Waals surface area contributed by atoms with Gasteiger partial charge in [-0.25, -0.2) is 4.98 Å². The molecule has 3 rings (SSSR count). The maximum absolute atomic E-state index is 12.8. The first-order valence-corrected chi connectivity index (χ1v) is 7.14. The molecule has 1 atom stereocenters. The van der Waals surface area contributed by atoms with Gasteiger partial charge in [0.1, 0.15) is 5.52 Å². The maximum Gasteiger partial charge on any atom is 0.416 e. The van der Waals surface area contributed by atoms with E-state index in [4.69, 9.17) is 4.42 Å². The third kappa shape index (κ3) is 2.52. The van der Waals surface area contributed by atoms with Crippen LogP contribution in [0.5, 0.6) is 0 Å². The smallest absolute Gasteiger partial charge is 0.416 e. The van der Waals surface area contributed by atoms with Crippen LogP contribution in [0.2, 0.25) is 0 Å². The molecule has 21 heavy (non-hydrogen) atoms. The minimum atomic E-state index is -4.36. The molecule has 1 saturated heterocycles. The van der Waals surface area contributed by atoms with E-state index in [0.29, 0.717) is 11.5 Å². The van der Waals surface area contributed by atoms with E-state index in [-0.39, 0.29) is 10.9 Å². The second-order valence-corrected chi connectivity index (χ2v) is 5.66. The molecule has 114 valence electrons. The molecular weight excluding hydrogens is 281 g/mol. The summed E-state index contributed by atoms with van der Waals surface area (Å²) in [5.74, 6) is 0.559. The minimum Gasteiger partial charge on any atom is -0.440 e. The zero-order chi connectivity index (χ0) is 15.1. The molecule has 1 aromatic carbocycles. The molecule has 1 aliphatic rings. The monoisotopic (exact) mass is 298 g/mol. The summed E-state index contributed by atoms with van der Waals surface area (Å²) < 4.78 is 44.0. The Hall–Kier alpha value is -1.56. The summed E-state index contributed by atoms with van der Waals surface area (Å²) in [6, 6.07) is 3.46. The highest BCUT2D eigenvalue weighted by atomic mass is 19.4. The maximum atomic E-state index is 12.8. The zero-order valence-corrected chi connectivity index (χ0v) is 11.8. The molecule has 1 aromatic heterocycles. The highest BCUT2D eigenvalue weighted by molar-refractivity contribution is 5.73. The fourth-order valence-corrected chi connectivity index (χ4v) is 3.06. The van der Waals surface area contributed by atoms with Crippen molar-refractivity contribution in [3.8, 4) is 0 Å². The molecule has 0 amide bonds. The first-order chi connectivity index (χ1) is 9.94. The molecule has 1 aliphatic heterocycles. The molecule has 0 radical (unpaired) electrons. The summed E-state index contributed by atoms with van der Waals surface area (Å²) in [6.45, 7) is 3.73. The first-order valence-electron chi connectivity index (χ1n) is 7.14. The van der Waals surface area contributed by atoms with Crippen LogP contribution in [0.15, 0.2) is 22.6 Å². The lowest BCUT2D eigenvalue weighted by atomic mass is 9.82. The number of aromatic nitrogens is 1. The lowest BCUT2D eigenvalue weighted by Crippen LogP contribution is -2.29. The van der Waals surface area contributed by atoms with Crippen molar-refractivity contribution in [1.82, 2.24) is 10.3 Å². The quantitative estimate of drug-likeness (QED) is 0.934. The van der Waals surface area contributed by atoms with Gasteiger partial charge in [-0.2, -0.15) is 13.2 Å². The highest BCUT2D eigenvalue weighted by Crippen LogP contribution is 2.37. The summed E-state index contributed by atoms with van der Waals surface area (Å²) in [5.41, 5.74) is -0.182. The molecule has 0 bridgehead atoms. The molecule has 0 aliphatic carbocycles. The number of hydrogen-bond acceptors (Lipinski definition) is 3. The van der Waals surface area contributed by atoms with Crippen LogP contribution in [0.25, 0.3) is 11.1 Å². The predicted molar refractivity (Wildman–Crippen MR) is 73.1 cm³/mol. The van der Waals surface area contributed by atoms with E-state index in [1.807, 2.05) is 0 Å². The number of nitrogens with zero attached hydrogens (tertiary/aromatic N) is 1. The molecule has 2 aromatic rings. The minimum absolute atomic E-state index is 0.188. The van der Waals surface area contributed by atoms with Crippen LogP contribution in [0.3, 0.4) is 0 Å². The van der Waals surface area contributed by atoms with Crippen LogP contribution in [0.4, 0.5) is 13.2 Å². The molecule has 0 spiro atoms. The largest absolute Gasteiger partial charge is 0.440 e. The van der Waals surface area contributed by atoms with Gasteiger partial charge in [0.25, 0.3) is 0 Å². The predicted octanol–water partition coefficient (Wildman–Crippen LogP) is 3.88. The van der Waals surface area contributed by atoms with Gasteiger partial charge in [-0.1, -0.05) is 13.3 Å². The highest BCUT2D eigenvalue weighted by Gasteiger charge is 2.39. The number of benzene rings is 1. The van der Waals surface area contributed by atoms with Gasteiger partial charge >= 0.3 is 6.18 Å². The summed E-state index contributed by atoms with van der Waals surface area (Å²) in [5, 5.41) is 3.30. The standard InChI is InChI=1S/C15H17F3N2O/c1-2-5-14(6-7-19-9-14)13-20-11-8-10(15(16,17)18)3-4-12(11)21-13/h3-4,8,19H,2,5-7,9H2,1H3. The van der Waals surface area contributed by atoms with Gasteiger partial charge in [0.05, 0.1) is 11.0 Å². The van der Waals surface area contributed by atoms with Crippen molar-refractivity contribution in [1.29, 1.82) is 0 Å². The molecule has 2 heterocycles. The summed E-state index contributed by atoms with van der Waals surface area (Å²) in [7, 11) is 0. The summed E-state index contributed by atoms with van der Waals surface area (Å²) in [4.78, 5) is 4.35. The molecule has 0 saturated carbocycles. The molecule has 6 heteroatoms. The lowest BCUT2D eigenvalue weighted by Gasteiger charge is -2.23. The van der Waals surface area contributed by atoms with E-state index in [1.165, 1.54) is 6.07 Å². The van der Waals surface area contributed by atoms with E-state index >= 15 is 0 Å². The second-order valence-electron chi connectivity index (χ2n) is 5.66. The van der Waals surface area contributed by atoms with Crippen molar-refractivity contribution in [2.45, 2.75) is 37.8 Å². The number of halogens is 3. The van der Waals surface area contributed by atoms with Crippen LogP contribution in [0, 0.1) is 0 Å². The van der Waals surface area contributed by atoms with Crippen LogP contribution < -0.4 is 5.32 Å². The average molecular weight is 298 g/mol. The van der Waals surface area contributed by atoms with Gasteiger partial charge in [-0.05, 0) is 37.6 Å². The Labute approximate surface area is 120 Å². The van der Waals surface area contributed by atoms with Crippen molar-refractivity contribution in [2.24, 2.45) is 0 Å². The molecule has 1 fully saturated rings. The number of rotatable bonds is 3. The normalized spacial score (nSPS) is 23.0. The van der Waals surface area contributed by atoms with E-state index in [9.17, 15) is 13.2 Å². The molecule has 1 N–H and O–H groups in total. The number of hydrogen-bond donors (Lipinski definition) is 1. The Balaban J connectivity index is 2.04.